The highest BCUT2D eigenvalue weighted by molar-refractivity contribution is 5.81. The summed E-state index contributed by atoms with van der Waals surface area (Å²) in [5.74, 6) is 0. The standard InChI is InChI=1S/C6H10N4O2/c1-10-4-3(2-7-6(10)12)8-5(11)9-4/h3-4H,2H2,1H3,(H,7,12)(H2,8,9,11). The largest absolute Gasteiger partial charge is 0.336 e. The van der Waals surface area contributed by atoms with E-state index in [-0.39, 0.29) is 24.3 Å². The molecule has 0 saturated carbocycles. The van der Waals surface area contributed by atoms with Gasteiger partial charge in [0.1, 0.15) is 6.17 Å². The third kappa shape index (κ3) is 0.876. The summed E-state index contributed by atoms with van der Waals surface area (Å²) in [6, 6.07) is -0.381. The van der Waals surface area contributed by atoms with Gasteiger partial charge in [-0.2, -0.15) is 0 Å². The maximum absolute atomic E-state index is 11.1. The normalized spacial score (nSPS) is 33.6. The molecule has 2 unspecified atom stereocenters. The van der Waals surface area contributed by atoms with Crippen molar-refractivity contribution in [3.63, 3.8) is 0 Å². The van der Waals surface area contributed by atoms with Crippen molar-refractivity contribution < 1.29 is 9.59 Å². The number of carbonyl (C=O) groups excluding carboxylic acids is 2. The summed E-state index contributed by atoms with van der Waals surface area (Å²) in [5.41, 5.74) is 0. The molecule has 6 nitrogen and oxygen atoms in total. The van der Waals surface area contributed by atoms with Gasteiger partial charge in [-0.1, -0.05) is 0 Å². The van der Waals surface area contributed by atoms with Gasteiger partial charge in [-0.25, -0.2) is 9.59 Å². The van der Waals surface area contributed by atoms with Crippen LogP contribution in [-0.4, -0.2) is 42.8 Å². The minimum atomic E-state index is -0.214. The topological polar surface area (TPSA) is 73.5 Å². The van der Waals surface area contributed by atoms with Crippen LogP contribution in [0.1, 0.15) is 0 Å². The molecule has 2 heterocycles. The number of carbonyl (C=O) groups is 2. The van der Waals surface area contributed by atoms with Crippen molar-refractivity contribution in [1.29, 1.82) is 0 Å². The van der Waals surface area contributed by atoms with Crippen LogP contribution < -0.4 is 16.0 Å². The first-order chi connectivity index (χ1) is 5.68. The van der Waals surface area contributed by atoms with Gasteiger partial charge in [0.2, 0.25) is 0 Å². The molecule has 0 bridgehead atoms. The van der Waals surface area contributed by atoms with Crippen LogP contribution in [0.5, 0.6) is 0 Å². The number of nitrogens with zero attached hydrogens (tertiary/aromatic N) is 1. The first kappa shape index (κ1) is 7.20. The zero-order valence-corrected chi connectivity index (χ0v) is 6.63. The summed E-state index contributed by atoms with van der Waals surface area (Å²) in [5, 5.41) is 8.01. The fourth-order valence-corrected chi connectivity index (χ4v) is 1.50. The lowest BCUT2D eigenvalue weighted by atomic mass is 10.2. The molecule has 3 N–H and O–H groups in total. The number of nitrogens with one attached hydrogen (secondary N) is 3. The lowest BCUT2D eigenvalue weighted by Crippen LogP contribution is -2.61. The van der Waals surface area contributed by atoms with E-state index in [4.69, 9.17) is 0 Å². The molecular weight excluding hydrogens is 160 g/mol. The molecule has 12 heavy (non-hydrogen) atoms. The number of fused-ring (bicyclic) bond motifs is 1. The number of urea groups is 2. The van der Waals surface area contributed by atoms with Gasteiger partial charge in [0.15, 0.2) is 0 Å². The Morgan fingerprint density at radius 2 is 2.17 bits per heavy atom. The molecule has 0 aromatic carbocycles. The number of likely N-dealkylation sites (N-methyl/N-ethyl adjacent to an activating group) is 1. The van der Waals surface area contributed by atoms with Gasteiger partial charge in [0, 0.05) is 13.6 Å². The lowest BCUT2D eigenvalue weighted by molar-refractivity contribution is 0.159. The van der Waals surface area contributed by atoms with Crippen LogP contribution in [0.3, 0.4) is 0 Å². The average molecular weight is 170 g/mol. The van der Waals surface area contributed by atoms with Crippen molar-refractivity contribution in [2.24, 2.45) is 0 Å². The summed E-state index contributed by atoms with van der Waals surface area (Å²) >= 11 is 0. The molecule has 0 aromatic rings. The van der Waals surface area contributed by atoms with Crippen LogP contribution in [0, 0.1) is 0 Å². The van der Waals surface area contributed by atoms with E-state index in [0.29, 0.717) is 6.54 Å². The molecule has 66 valence electrons. The van der Waals surface area contributed by atoms with E-state index >= 15 is 0 Å². The second-order valence-corrected chi connectivity index (χ2v) is 2.97. The van der Waals surface area contributed by atoms with Gasteiger partial charge in [-0.05, 0) is 0 Å². The van der Waals surface area contributed by atoms with Gasteiger partial charge in [0.25, 0.3) is 0 Å². The SMILES string of the molecule is CN1C(=O)NCC2NC(=O)NC21. The summed E-state index contributed by atoms with van der Waals surface area (Å²) in [6.07, 6.45) is -0.203. The van der Waals surface area contributed by atoms with Crippen molar-refractivity contribution in [3.8, 4) is 0 Å². The quantitative estimate of drug-likeness (QED) is 0.420. The molecule has 2 atom stereocenters. The predicted octanol–water partition coefficient (Wildman–Crippen LogP) is -1.35. The van der Waals surface area contributed by atoms with Crippen molar-refractivity contribution in [2.75, 3.05) is 13.6 Å². The minimum absolute atomic E-state index is 0.0137. The zero-order chi connectivity index (χ0) is 8.72. The Morgan fingerprint density at radius 3 is 2.92 bits per heavy atom. The molecule has 0 spiro atoms. The molecule has 2 aliphatic heterocycles. The van der Waals surface area contributed by atoms with E-state index in [2.05, 4.69) is 16.0 Å². The van der Waals surface area contributed by atoms with E-state index in [9.17, 15) is 9.59 Å². The summed E-state index contributed by atoms with van der Waals surface area (Å²) in [6.45, 7) is 0.493. The van der Waals surface area contributed by atoms with Crippen LogP contribution in [0.2, 0.25) is 0 Å². The highest BCUT2D eigenvalue weighted by Crippen LogP contribution is 2.09. The van der Waals surface area contributed by atoms with Crippen molar-refractivity contribution in [1.82, 2.24) is 20.9 Å². The Morgan fingerprint density at radius 1 is 1.42 bits per heavy atom. The molecule has 4 amide bonds. The summed E-state index contributed by atoms with van der Waals surface area (Å²) < 4.78 is 0. The molecule has 2 saturated heterocycles. The third-order valence-corrected chi connectivity index (χ3v) is 2.19. The molecule has 6 heteroatoms. The highest BCUT2D eigenvalue weighted by Gasteiger charge is 2.39. The third-order valence-electron chi connectivity index (χ3n) is 2.19. The Hall–Kier alpha value is -1.46. The predicted molar refractivity (Wildman–Crippen MR) is 40.4 cm³/mol. The summed E-state index contributed by atoms with van der Waals surface area (Å²) in [7, 11) is 1.65. The van der Waals surface area contributed by atoms with Gasteiger partial charge in [-0.3, -0.25) is 0 Å². The maximum atomic E-state index is 11.1. The zero-order valence-electron chi connectivity index (χ0n) is 6.63. The Kier molecular flexibility index (Phi) is 1.36. The van der Waals surface area contributed by atoms with Gasteiger partial charge in [0.05, 0.1) is 6.04 Å². The average Bonchev–Trinajstić information content (AvgIpc) is 2.39. The Labute approximate surface area is 69.3 Å². The number of rotatable bonds is 0. The smallest absolute Gasteiger partial charge is 0.318 e. The molecule has 0 radical (unpaired) electrons. The number of amides is 4. The second-order valence-electron chi connectivity index (χ2n) is 2.97. The Balaban J connectivity index is 2.16. The first-order valence-corrected chi connectivity index (χ1v) is 3.76. The second kappa shape index (κ2) is 2.26. The van der Waals surface area contributed by atoms with Gasteiger partial charge >= 0.3 is 12.1 Å². The first-order valence-electron chi connectivity index (χ1n) is 3.76. The van der Waals surface area contributed by atoms with E-state index in [1.54, 1.807) is 7.05 Å². The molecule has 2 rings (SSSR count). The molecule has 2 aliphatic rings. The van der Waals surface area contributed by atoms with E-state index in [0.717, 1.165) is 0 Å². The minimum Gasteiger partial charge on any atom is -0.336 e. The Bertz CT molecular complexity index is 242. The van der Waals surface area contributed by atoms with Crippen LogP contribution in [-0.2, 0) is 0 Å². The number of hydrogen-bond donors (Lipinski definition) is 3. The lowest BCUT2D eigenvalue weighted by Gasteiger charge is -2.33. The summed E-state index contributed by atoms with van der Waals surface area (Å²) in [4.78, 5) is 23.4. The molecule has 0 aromatic heterocycles. The number of hydrogen-bond acceptors (Lipinski definition) is 2. The van der Waals surface area contributed by atoms with Crippen LogP contribution in [0.25, 0.3) is 0 Å². The van der Waals surface area contributed by atoms with Crippen molar-refractivity contribution in [2.45, 2.75) is 12.2 Å². The maximum Gasteiger partial charge on any atom is 0.318 e. The van der Waals surface area contributed by atoms with Crippen molar-refractivity contribution in [3.05, 3.63) is 0 Å². The van der Waals surface area contributed by atoms with Crippen LogP contribution in [0.4, 0.5) is 9.59 Å². The van der Waals surface area contributed by atoms with Gasteiger partial charge in [-0.15, -0.1) is 0 Å². The molecular formula is C6H10N4O2. The molecule has 0 aliphatic carbocycles. The van der Waals surface area contributed by atoms with Gasteiger partial charge < -0.3 is 20.9 Å². The van der Waals surface area contributed by atoms with E-state index in [1.165, 1.54) is 4.90 Å². The fourth-order valence-electron chi connectivity index (χ4n) is 1.50. The van der Waals surface area contributed by atoms with E-state index in [1.807, 2.05) is 0 Å². The highest BCUT2D eigenvalue weighted by atomic mass is 16.2. The fraction of sp³-hybridized carbons (Fsp3) is 0.667. The van der Waals surface area contributed by atoms with Crippen LogP contribution in [0.15, 0.2) is 0 Å². The van der Waals surface area contributed by atoms with E-state index < -0.39 is 0 Å². The molecule has 2 fully saturated rings. The monoisotopic (exact) mass is 170 g/mol. The van der Waals surface area contributed by atoms with Crippen molar-refractivity contribution >= 4 is 12.1 Å². The van der Waals surface area contributed by atoms with Crippen LogP contribution >= 0.6 is 0 Å².